The van der Waals surface area contributed by atoms with Gasteiger partial charge in [0.1, 0.15) is 11.2 Å². The zero-order valence-electron chi connectivity index (χ0n) is 36.1. The van der Waals surface area contributed by atoms with Crippen molar-refractivity contribution in [1.29, 1.82) is 0 Å². The van der Waals surface area contributed by atoms with Gasteiger partial charge in [-0.1, -0.05) is 163 Å². The Morgan fingerprint density at radius 2 is 0.785 bits per heavy atom. The van der Waals surface area contributed by atoms with E-state index in [1.54, 1.807) is 0 Å². The van der Waals surface area contributed by atoms with E-state index in [1.807, 2.05) is 12.1 Å². The van der Waals surface area contributed by atoms with E-state index < -0.39 is 0 Å². The third-order valence-corrected chi connectivity index (χ3v) is 13.4. The maximum absolute atomic E-state index is 6.40. The van der Waals surface area contributed by atoms with E-state index in [1.165, 1.54) is 88.1 Å². The van der Waals surface area contributed by atoms with Crippen molar-refractivity contribution < 1.29 is 4.42 Å². The second kappa shape index (κ2) is 14.6. The number of nitrogens with zero attached hydrogens (tertiary/aromatic N) is 2. The lowest BCUT2D eigenvalue weighted by molar-refractivity contribution is 0.670. The van der Waals surface area contributed by atoms with Gasteiger partial charge in [0, 0.05) is 49.3 Å². The standard InChI is InChI=1S/C62H42N2O/c1-39-33-40(2)35-47(34-39)42-23-21-41(22-24-42)44-11-9-12-49(36-44)64-58-19-7-4-14-52(58)56-38-46(28-32-60(56)64)45-27-31-59-55(37-45)51-13-3-6-18-57(51)63(59)48-29-25-43(26-30-48)50-16-10-17-54-53-15-5-8-20-61(53)65-62(50)54/h3-38H,1-2H3. The highest BCUT2D eigenvalue weighted by molar-refractivity contribution is 6.13. The summed E-state index contributed by atoms with van der Waals surface area (Å²) in [7, 11) is 0. The fraction of sp³-hybridized carbons (Fsp3) is 0.0323. The average Bonchev–Trinajstić information content (AvgIpc) is 4.01. The summed E-state index contributed by atoms with van der Waals surface area (Å²) in [5.74, 6) is 0. The first kappa shape index (κ1) is 37.2. The van der Waals surface area contributed by atoms with Crippen LogP contribution < -0.4 is 0 Å². The number of aryl methyl sites for hydroxylation is 2. The largest absolute Gasteiger partial charge is 0.455 e. The minimum absolute atomic E-state index is 0.913. The fourth-order valence-corrected chi connectivity index (χ4v) is 10.4. The molecule has 3 aromatic heterocycles. The van der Waals surface area contributed by atoms with Gasteiger partial charge in [-0.05, 0) is 120 Å². The molecule has 306 valence electrons. The van der Waals surface area contributed by atoms with Crippen molar-refractivity contribution in [3.8, 4) is 55.9 Å². The minimum atomic E-state index is 0.913. The van der Waals surface area contributed by atoms with Crippen LogP contribution >= 0.6 is 0 Å². The summed E-state index contributed by atoms with van der Waals surface area (Å²) in [5, 5.41) is 7.23. The Morgan fingerprint density at radius 3 is 1.45 bits per heavy atom. The van der Waals surface area contributed by atoms with E-state index in [-0.39, 0.29) is 0 Å². The number of para-hydroxylation sites is 4. The number of aromatic nitrogens is 2. The van der Waals surface area contributed by atoms with E-state index in [0.29, 0.717) is 0 Å². The summed E-state index contributed by atoms with van der Waals surface area (Å²) in [6, 6.07) is 79.8. The third kappa shape index (κ3) is 6.04. The molecule has 0 saturated carbocycles. The molecule has 0 saturated heterocycles. The fourth-order valence-electron chi connectivity index (χ4n) is 10.4. The van der Waals surface area contributed by atoms with Gasteiger partial charge in [0.05, 0.1) is 22.1 Å². The van der Waals surface area contributed by atoms with Gasteiger partial charge in [-0.25, -0.2) is 0 Å². The van der Waals surface area contributed by atoms with Crippen LogP contribution in [0.3, 0.4) is 0 Å². The minimum Gasteiger partial charge on any atom is -0.455 e. The highest BCUT2D eigenvalue weighted by Crippen LogP contribution is 2.40. The van der Waals surface area contributed by atoms with Crippen LogP contribution in [0.15, 0.2) is 223 Å². The lowest BCUT2D eigenvalue weighted by Gasteiger charge is -2.12. The van der Waals surface area contributed by atoms with Crippen LogP contribution in [-0.4, -0.2) is 9.13 Å². The molecule has 0 aliphatic rings. The molecule has 65 heavy (non-hydrogen) atoms. The maximum atomic E-state index is 6.40. The second-order valence-corrected chi connectivity index (χ2v) is 17.5. The van der Waals surface area contributed by atoms with Crippen molar-refractivity contribution in [2.75, 3.05) is 0 Å². The van der Waals surface area contributed by atoms with E-state index in [0.717, 1.165) is 44.4 Å². The van der Waals surface area contributed by atoms with Crippen LogP contribution in [0.5, 0.6) is 0 Å². The van der Waals surface area contributed by atoms with Gasteiger partial charge >= 0.3 is 0 Å². The quantitative estimate of drug-likeness (QED) is 0.164. The van der Waals surface area contributed by atoms with Crippen LogP contribution in [0.1, 0.15) is 11.1 Å². The second-order valence-electron chi connectivity index (χ2n) is 17.5. The number of hydrogen-bond donors (Lipinski definition) is 0. The van der Waals surface area contributed by atoms with Crippen LogP contribution in [0.4, 0.5) is 0 Å². The molecule has 13 rings (SSSR count). The van der Waals surface area contributed by atoms with Crippen molar-refractivity contribution in [2.24, 2.45) is 0 Å². The van der Waals surface area contributed by atoms with Gasteiger partial charge < -0.3 is 13.6 Å². The first-order valence-electron chi connectivity index (χ1n) is 22.4. The Kier molecular flexibility index (Phi) is 8.34. The molecule has 3 nitrogen and oxygen atoms in total. The Morgan fingerprint density at radius 1 is 0.292 bits per heavy atom. The molecule has 0 unspecified atom stereocenters. The lowest BCUT2D eigenvalue weighted by Crippen LogP contribution is -1.94. The lowest BCUT2D eigenvalue weighted by atomic mass is 9.98. The van der Waals surface area contributed by atoms with E-state index >= 15 is 0 Å². The van der Waals surface area contributed by atoms with Crippen molar-refractivity contribution in [2.45, 2.75) is 13.8 Å². The molecule has 0 radical (unpaired) electrons. The molecule has 0 aliphatic carbocycles. The van der Waals surface area contributed by atoms with Gasteiger partial charge in [0.15, 0.2) is 0 Å². The van der Waals surface area contributed by atoms with E-state index in [4.69, 9.17) is 4.42 Å². The zero-order chi connectivity index (χ0) is 43.2. The number of fused-ring (bicyclic) bond motifs is 9. The third-order valence-electron chi connectivity index (χ3n) is 13.4. The monoisotopic (exact) mass is 830 g/mol. The molecule has 0 aliphatic heterocycles. The molecule has 0 amide bonds. The summed E-state index contributed by atoms with van der Waals surface area (Å²) in [6.45, 7) is 4.33. The molecule has 0 bridgehead atoms. The molecule has 3 heteroatoms. The number of benzene rings is 10. The van der Waals surface area contributed by atoms with Gasteiger partial charge in [0.2, 0.25) is 0 Å². The predicted octanol–water partition coefficient (Wildman–Crippen LogP) is 17.1. The Balaban J connectivity index is 0.869. The molecule has 0 N–H and O–H groups in total. The highest BCUT2D eigenvalue weighted by atomic mass is 16.3. The number of furan rings is 1. The summed E-state index contributed by atoms with van der Waals surface area (Å²) in [5.41, 5.74) is 20.9. The van der Waals surface area contributed by atoms with Gasteiger partial charge in [-0.15, -0.1) is 0 Å². The SMILES string of the molecule is Cc1cc(C)cc(-c2ccc(-c3cccc(-n4c5ccccc5c5cc(-c6ccc7c(c6)c6ccccc6n7-c6ccc(-c7cccc8c7oc7ccccc78)cc6)ccc54)c3)cc2)c1. The van der Waals surface area contributed by atoms with Crippen LogP contribution in [0.2, 0.25) is 0 Å². The first-order valence-corrected chi connectivity index (χ1v) is 22.4. The summed E-state index contributed by atoms with van der Waals surface area (Å²) in [6.07, 6.45) is 0. The smallest absolute Gasteiger partial charge is 0.143 e. The number of rotatable bonds is 6. The zero-order valence-corrected chi connectivity index (χ0v) is 36.1. The van der Waals surface area contributed by atoms with Crippen molar-refractivity contribution >= 4 is 65.6 Å². The topological polar surface area (TPSA) is 23.0 Å². The van der Waals surface area contributed by atoms with Gasteiger partial charge in [-0.2, -0.15) is 0 Å². The Hall–Kier alpha value is -8.40. The summed E-state index contributed by atoms with van der Waals surface area (Å²) in [4.78, 5) is 0. The average molecular weight is 831 g/mol. The molecular weight excluding hydrogens is 789 g/mol. The maximum Gasteiger partial charge on any atom is 0.143 e. The molecule has 10 aromatic carbocycles. The van der Waals surface area contributed by atoms with E-state index in [9.17, 15) is 0 Å². The van der Waals surface area contributed by atoms with Crippen molar-refractivity contribution in [3.63, 3.8) is 0 Å². The molecule has 0 spiro atoms. The van der Waals surface area contributed by atoms with Crippen LogP contribution in [0, 0.1) is 13.8 Å². The number of hydrogen-bond acceptors (Lipinski definition) is 1. The molecule has 0 fully saturated rings. The normalized spacial score (nSPS) is 11.8. The molecular formula is C62H42N2O. The highest BCUT2D eigenvalue weighted by Gasteiger charge is 2.18. The predicted molar refractivity (Wildman–Crippen MR) is 274 cm³/mol. The van der Waals surface area contributed by atoms with Crippen molar-refractivity contribution in [1.82, 2.24) is 9.13 Å². The van der Waals surface area contributed by atoms with Gasteiger partial charge in [-0.3, -0.25) is 0 Å². The summed E-state index contributed by atoms with van der Waals surface area (Å²) < 4.78 is 11.2. The molecule has 0 atom stereocenters. The molecule has 3 heterocycles. The Labute approximate surface area is 376 Å². The Bertz CT molecular complexity index is 3990. The first-order chi connectivity index (χ1) is 32.0. The van der Waals surface area contributed by atoms with Crippen molar-refractivity contribution in [3.05, 3.63) is 230 Å². The van der Waals surface area contributed by atoms with Crippen LogP contribution in [0.25, 0.3) is 121 Å². The van der Waals surface area contributed by atoms with E-state index in [2.05, 4.69) is 229 Å². The van der Waals surface area contributed by atoms with Gasteiger partial charge in [0.25, 0.3) is 0 Å². The summed E-state index contributed by atoms with van der Waals surface area (Å²) >= 11 is 0. The molecule has 13 aromatic rings. The van der Waals surface area contributed by atoms with Crippen LogP contribution in [-0.2, 0) is 0 Å².